The molecular formula is C18H23ClN4O. The summed E-state index contributed by atoms with van der Waals surface area (Å²) in [6, 6.07) is 7.53. The maximum absolute atomic E-state index is 6.19. The minimum absolute atomic E-state index is 0.568. The number of aromatic nitrogens is 2. The molecule has 1 aromatic heterocycles. The number of hydrogen-bond acceptors (Lipinski definition) is 5. The predicted molar refractivity (Wildman–Crippen MR) is 98.7 cm³/mol. The van der Waals surface area contributed by atoms with Crippen LogP contribution in [0.25, 0.3) is 0 Å². The van der Waals surface area contributed by atoms with Crippen LogP contribution in [-0.2, 0) is 0 Å². The molecule has 128 valence electrons. The Bertz CT molecular complexity index is 714. The van der Waals surface area contributed by atoms with E-state index >= 15 is 0 Å². The molecule has 0 saturated carbocycles. The fraction of sp³-hybridized carbons (Fsp3) is 0.444. The summed E-state index contributed by atoms with van der Waals surface area (Å²) < 4.78 is 5.18. The van der Waals surface area contributed by atoms with Gasteiger partial charge in [0, 0.05) is 30.5 Å². The molecule has 0 bridgehead atoms. The van der Waals surface area contributed by atoms with E-state index in [0.29, 0.717) is 10.8 Å². The Morgan fingerprint density at radius 2 is 1.96 bits per heavy atom. The number of anilines is 3. The highest BCUT2D eigenvalue weighted by molar-refractivity contribution is 6.32. The van der Waals surface area contributed by atoms with Crippen LogP contribution in [-0.4, -0.2) is 30.2 Å². The summed E-state index contributed by atoms with van der Waals surface area (Å²) in [5.41, 5.74) is 1.82. The number of methoxy groups -OCH3 is 1. The molecule has 3 rings (SSSR count). The van der Waals surface area contributed by atoms with Crippen LogP contribution < -0.4 is 15.0 Å². The summed E-state index contributed by atoms with van der Waals surface area (Å²) in [4.78, 5) is 11.5. The molecule has 24 heavy (non-hydrogen) atoms. The van der Waals surface area contributed by atoms with Gasteiger partial charge in [0.05, 0.1) is 12.1 Å². The Morgan fingerprint density at radius 1 is 1.21 bits per heavy atom. The monoisotopic (exact) mass is 346 g/mol. The Labute approximate surface area is 148 Å². The van der Waals surface area contributed by atoms with Gasteiger partial charge in [-0.15, -0.1) is 0 Å². The van der Waals surface area contributed by atoms with E-state index in [2.05, 4.69) is 27.1 Å². The van der Waals surface area contributed by atoms with Crippen LogP contribution in [0.4, 0.5) is 17.5 Å². The van der Waals surface area contributed by atoms with Crippen molar-refractivity contribution < 1.29 is 4.74 Å². The zero-order chi connectivity index (χ0) is 17.1. The van der Waals surface area contributed by atoms with Gasteiger partial charge in [0.1, 0.15) is 11.6 Å². The van der Waals surface area contributed by atoms with Crippen molar-refractivity contribution in [1.82, 2.24) is 9.97 Å². The van der Waals surface area contributed by atoms with Gasteiger partial charge in [-0.1, -0.05) is 18.5 Å². The average molecular weight is 347 g/mol. The number of nitrogens with zero attached hydrogens (tertiary/aromatic N) is 3. The fourth-order valence-corrected chi connectivity index (χ4v) is 3.12. The summed E-state index contributed by atoms with van der Waals surface area (Å²) >= 11 is 6.19. The van der Waals surface area contributed by atoms with Crippen molar-refractivity contribution in [2.75, 3.05) is 30.4 Å². The van der Waals surface area contributed by atoms with Crippen LogP contribution >= 0.6 is 11.6 Å². The predicted octanol–water partition coefficient (Wildman–Crippen LogP) is 4.43. The Hall–Kier alpha value is -2.01. The van der Waals surface area contributed by atoms with E-state index in [1.807, 2.05) is 31.2 Å². The smallest absolute Gasteiger partial charge is 0.227 e. The molecule has 6 heteroatoms. The minimum Gasteiger partial charge on any atom is -0.495 e. The van der Waals surface area contributed by atoms with Gasteiger partial charge < -0.3 is 15.0 Å². The zero-order valence-corrected chi connectivity index (χ0v) is 15.1. The third-order valence-electron chi connectivity index (χ3n) is 4.33. The molecular weight excluding hydrogens is 324 g/mol. The molecule has 1 saturated heterocycles. The zero-order valence-electron chi connectivity index (χ0n) is 14.3. The average Bonchev–Trinajstić information content (AvgIpc) is 2.55. The standard InChI is InChI=1S/C18H23ClN4O/c1-12-6-8-23(9-7-12)18-20-13(2)10-17(22-18)21-14-4-5-16(24-3)15(19)11-14/h4-5,10-12H,6-9H2,1-3H3,(H,20,21,22). The molecule has 0 amide bonds. The van der Waals surface area contributed by atoms with Crippen molar-refractivity contribution in [3.63, 3.8) is 0 Å². The van der Waals surface area contributed by atoms with Gasteiger partial charge in [-0.2, -0.15) is 4.98 Å². The molecule has 0 atom stereocenters. The van der Waals surface area contributed by atoms with Crippen molar-refractivity contribution in [3.8, 4) is 5.75 Å². The summed E-state index contributed by atoms with van der Waals surface area (Å²) in [6.45, 7) is 6.32. The van der Waals surface area contributed by atoms with Gasteiger partial charge in [-0.25, -0.2) is 4.98 Å². The number of nitrogens with one attached hydrogen (secondary N) is 1. The molecule has 0 unspecified atom stereocenters. The Morgan fingerprint density at radius 3 is 2.62 bits per heavy atom. The lowest BCUT2D eigenvalue weighted by molar-refractivity contribution is 0.415. The van der Waals surface area contributed by atoms with Crippen LogP contribution in [0, 0.1) is 12.8 Å². The van der Waals surface area contributed by atoms with E-state index in [1.165, 1.54) is 12.8 Å². The molecule has 0 spiro atoms. The van der Waals surface area contributed by atoms with Crippen molar-refractivity contribution in [2.45, 2.75) is 26.7 Å². The van der Waals surface area contributed by atoms with E-state index in [1.54, 1.807) is 7.11 Å². The normalized spacial score (nSPS) is 15.4. The molecule has 0 radical (unpaired) electrons. The molecule has 5 nitrogen and oxygen atoms in total. The molecule has 1 fully saturated rings. The second-order valence-electron chi connectivity index (χ2n) is 6.34. The van der Waals surface area contributed by atoms with Crippen molar-refractivity contribution in [2.24, 2.45) is 5.92 Å². The fourth-order valence-electron chi connectivity index (χ4n) is 2.86. The van der Waals surface area contributed by atoms with Gasteiger partial charge in [0.2, 0.25) is 5.95 Å². The molecule has 1 aliphatic heterocycles. The lowest BCUT2D eigenvalue weighted by Gasteiger charge is -2.30. The van der Waals surface area contributed by atoms with Gasteiger partial charge >= 0.3 is 0 Å². The lowest BCUT2D eigenvalue weighted by Crippen LogP contribution is -2.34. The molecule has 2 heterocycles. The van der Waals surface area contributed by atoms with Gasteiger partial charge in [0.25, 0.3) is 0 Å². The van der Waals surface area contributed by atoms with E-state index in [9.17, 15) is 0 Å². The molecule has 1 aromatic carbocycles. The Kier molecular flexibility index (Phi) is 5.09. The number of aryl methyl sites for hydroxylation is 1. The number of ether oxygens (including phenoxy) is 1. The first kappa shape index (κ1) is 16.8. The highest BCUT2D eigenvalue weighted by atomic mass is 35.5. The molecule has 0 aliphatic carbocycles. The lowest BCUT2D eigenvalue weighted by atomic mass is 10.00. The highest BCUT2D eigenvalue weighted by Gasteiger charge is 2.18. The first-order valence-corrected chi connectivity index (χ1v) is 8.64. The number of piperidine rings is 1. The van der Waals surface area contributed by atoms with Crippen LogP contribution in [0.2, 0.25) is 5.02 Å². The second kappa shape index (κ2) is 7.26. The summed E-state index contributed by atoms with van der Waals surface area (Å²) in [5.74, 6) is 3.01. The maximum atomic E-state index is 6.19. The van der Waals surface area contributed by atoms with Gasteiger partial charge in [0.15, 0.2) is 0 Å². The largest absolute Gasteiger partial charge is 0.495 e. The maximum Gasteiger partial charge on any atom is 0.227 e. The number of benzene rings is 1. The van der Waals surface area contributed by atoms with Crippen molar-refractivity contribution >= 4 is 29.1 Å². The number of rotatable bonds is 4. The summed E-state index contributed by atoms with van der Waals surface area (Å²) in [5, 5.41) is 3.88. The van der Waals surface area contributed by atoms with Crippen molar-refractivity contribution in [1.29, 1.82) is 0 Å². The summed E-state index contributed by atoms with van der Waals surface area (Å²) in [7, 11) is 1.61. The van der Waals surface area contributed by atoms with Crippen LogP contribution in [0.5, 0.6) is 5.75 Å². The van der Waals surface area contributed by atoms with Crippen molar-refractivity contribution in [3.05, 3.63) is 35.0 Å². The third kappa shape index (κ3) is 3.90. The highest BCUT2D eigenvalue weighted by Crippen LogP contribution is 2.29. The second-order valence-corrected chi connectivity index (χ2v) is 6.75. The van der Waals surface area contributed by atoms with E-state index in [0.717, 1.165) is 42.2 Å². The quantitative estimate of drug-likeness (QED) is 0.887. The summed E-state index contributed by atoms with van der Waals surface area (Å²) in [6.07, 6.45) is 2.38. The number of hydrogen-bond donors (Lipinski definition) is 1. The van der Waals surface area contributed by atoms with Crippen LogP contribution in [0.3, 0.4) is 0 Å². The van der Waals surface area contributed by atoms with Crippen LogP contribution in [0.15, 0.2) is 24.3 Å². The van der Waals surface area contributed by atoms with E-state index < -0.39 is 0 Å². The van der Waals surface area contributed by atoms with E-state index in [4.69, 9.17) is 16.3 Å². The first-order chi connectivity index (χ1) is 11.5. The van der Waals surface area contributed by atoms with Crippen LogP contribution in [0.1, 0.15) is 25.5 Å². The first-order valence-electron chi connectivity index (χ1n) is 8.26. The third-order valence-corrected chi connectivity index (χ3v) is 4.63. The molecule has 1 N–H and O–H groups in total. The SMILES string of the molecule is COc1ccc(Nc2cc(C)nc(N3CCC(C)CC3)n2)cc1Cl. The molecule has 1 aliphatic rings. The molecule has 2 aromatic rings. The Balaban J connectivity index is 1.80. The van der Waals surface area contributed by atoms with E-state index in [-0.39, 0.29) is 0 Å². The topological polar surface area (TPSA) is 50.3 Å². The minimum atomic E-state index is 0.568. The number of halogens is 1. The van der Waals surface area contributed by atoms with Gasteiger partial charge in [-0.3, -0.25) is 0 Å². The van der Waals surface area contributed by atoms with Gasteiger partial charge in [-0.05, 0) is 43.9 Å².